The maximum Gasteiger partial charge on any atom is 0.317 e. The van der Waals surface area contributed by atoms with Crippen LogP contribution in [-0.2, 0) is 9.59 Å². The van der Waals surface area contributed by atoms with Crippen LogP contribution >= 0.6 is 0 Å². The molecular formula is C12H20N2O3. The number of hydrogen-bond donors (Lipinski definition) is 1. The normalized spacial score (nSPS) is 22.9. The first-order valence-corrected chi connectivity index (χ1v) is 6.40. The summed E-state index contributed by atoms with van der Waals surface area (Å²) in [6.07, 6.45) is 3.87. The van der Waals surface area contributed by atoms with Crippen LogP contribution in [0, 0.1) is 5.92 Å². The molecule has 2 aliphatic heterocycles. The summed E-state index contributed by atoms with van der Waals surface area (Å²) in [5, 5.41) is 8.70. The fourth-order valence-electron chi connectivity index (χ4n) is 2.73. The molecule has 1 N–H and O–H groups in total. The average molecular weight is 240 g/mol. The Hall–Kier alpha value is -1.10. The zero-order chi connectivity index (χ0) is 12.3. The van der Waals surface area contributed by atoms with E-state index in [9.17, 15) is 9.59 Å². The number of carboxylic acid groups (broad SMARTS) is 1. The van der Waals surface area contributed by atoms with Crippen molar-refractivity contribution in [1.82, 2.24) is 9.80 Å². The van der Waals surface area contributed by atoms with Crippen molar-refractivity contribution < 1.29 is 14.7 Å². The highest BCUT2D eigenvalue weighted by molar-refractivity contribution is 5.79. The summed E-state index contributed by atoms with van der Waals surface area (Å²) in [5.41, 5.74) is 0. The van der Waals surface area contributed by atoms with E-state index in [0.717, 1.165) is 51.9 Å². The Bertz CT molecular complexity index is 292. The molecule has 0 saturated carbocycles. The predicted molar refractivity (Wildman–Crippen MR) is 62.6 cm³/mol. The summed E-state index contributed by atoms with van der Waals surface area (Å²) in [7, 11) is 0. The zero-order valence-electron chi connectivity index (χ0n) is 10.1. The Morgan fingerprint density at radius 2 is 1.65 bits per heavy atom. The zero-order valence-corrected chi connectivity index (χ0v) is 10.1. The number of amides is 1. The Labute approximate surface area is 101 Å². The molecule has 96 valence electrons. The van der Waals surface area contributed by atoms with E-state index in [1.54, 1.807) is 0 Å². The van der Waals surface area contributed by atoms with E-state index in [0.29, 0.717) is 0 Å². The lowest BCUT2D eigenvalue weighted by Gasteiger charge is -2.32. The summed E-state index contributed by atoms with van der Waals surface area (Å²) in [6, 6.07) is 0. The van der Waals surface area contributed by atoms with Crippen molar-refractivity contribution >= 4 is 11.9 Å². The molecule has 0 unspecified atom stereocenters. The molecule has 5 nitrogen and oxygen atoms in total. The first-order valence-electron chi connectivity index (χ1n) is 6.40. The molecule has 0 aromatic rings. The van der Waals surface area contributed by atoms with E-state index >= 15 is 0 Å². The molecule has 0 atom stereocenters. The van der Waals surface area contributed by atoms with Crippen LogP contribution in [0.25, 0.3) is 0 Å². The van der Waals surface area contributed by atoms with Crippen molar-refractivity contribution in [2.45, 2.75) is 25.7 Å². The van der Waals surface area contributed by atoms with Gasteiger partial charge in [0.15, 0.2) is 0 Å². The highest BCUT2D eigenvalue weighted by atomic mass is 16.4. The molecule has 0 aromatic carbocycles. The first kappa shape index (κ1) is 12.4. The second kappa shape index (κ2) is 5.49. The van der Waals surface area contributed by atoms with E-state index in [2.05, 4.69) is 0 Å². The molecule has 0 spiro atoms. The van der Waals surface area contributed by atoms with Crippen molar-refractivity contribution in [3.05, 3.63) is 0 Å². The number of likely N-dealkylation sites (tertiary alicyclic amines) is 2. The third-order valence-electron chi connectivity index (χ3n) is 3.71. The van der Waals surface area contributed by atoms with Gasteiger partial charge >= 0.3 is 5.97 Å². The lowest BCUT2D eigenvalue weighted by Crippen LogP contribution is -2.43. The number of rotatable bonds is 3. The topological polar surface area (TPSA) is 60.9 Å². The molecule has 2 heterocycles. The standard InChI is InChI=1S/C12H20N2O3/c15-11(16)9-13-7-3-10(4-8-13)12(17)14-5-1-2-6-14/h10H,1-9H2,(H,15,16). The summed E-state index contributed by atoms with van der Waals surface area (Å²) < 4.78 is 0. The third kappa shape index (κ3) is 3.19. The van der Waals surface area contributed by atoms with Gasteiger partial charge in [-0.3, -0.25) is 14.5 Å². The van der Waals surface area contributed by atoms with Gasteiger partial charge in [-0.05, 0) is 38.8 Å². The maximum absolute atomic E-state index is 12.1. The van der Waals surface area contributed by atoms with E-state index in [1.165, 1.54) is 0 Å². The van der Waals surface area contributed by atoms with Gasteiger partial charge in [0.1, 0.15) is 0 Å². The van der Waals surface area contributed by atoms with Gasteiger partial charge in [-0.1, -0.05) is 0 Å². The monoisotopic (exact) mass is 240 g/mol. The highest BCUT2D eigenvalue weighted by Crippen LogP contribution is 2.21. The molecule has 1 amide bonds. The van der Waals surface area contributed by atoms with E-state index < -0.39 is 5.97 Å². The SMILES string of the molecule is O=C(O)CN1CCC(C(=O)N2CCCC2)CC1. The second-order valence-electron chi connectivity index (χ2n) is 4.98. The molecule has 2 fully saturated rings. The van der Waals surface area contributed by atoms with E-state index in [4.69, 9.17) is 5.11 Å². The second-order valence-corrected chi connectivity index (χ2v) is 4.98. The Kier molecular flexibility index (Phi) is 3.99. The Morgan fingerprint density at radius 1 is 1.06 bits per heavy atom. The van der Waals surface area contributed by atoms with E-state index in [1.807, 2.05) is 9.80 Å². The van der Waals surface area contributed by atoms with Gasteiger partial charge in [0, 0.05) is 19.0 Å². The average Bonchev–Trinajstić information content (AvgIpc) is 2.82. The molecule has 2 aliphatic rings. The molecule has 0 bridgehead atoms. The van der Waals surface area contributed by atoms with Crippen LogP contribution in [0.2, 0.25) is 0 Å². The minimum Gasteiger partial charge on any atom is -0.480 e. The molecule has 0 aliphatic carbocycles. The lowest BCUT2D eigenvalue weighted by molar-refractivity contribution is -0.139. The molecule has 5 heteroatoms. The minimum atomic E-state index is -0.783. The Morgan fingerprint density at radius 3 is 2.18 bits per heavy atom. The highest BCUT2D eigenvalue weighted by Gasteiger charge is 2.30. The van der Waals surface area contributed by atoms with Crippen molar-refractivity contribution in [1.29, 1.82) is 0 Å². The fraction of sp³-hybridized carbons (Fsp3) is 0.833. The molecule has 0 radical (unpaired) electrons. The van der Waals surface area contributed by atoms with Crippen LogP contribution in [0.3, 0.4) is 0 Å². The van der Waals surface area contributed by atoms with Crippen molar-refractivity contribution in [2.75, 3.05) is 32.7 Å². The van der Waals surface area contributed by atoms with Crippen LogP contribution in [0.4, 0.5) is 0 Å². The Balaban J connectivity index is 1.78. The summed E-state index contributed by atoms with van der Waals surface area (Å²) in [5.74, 6) is -0.370. The van der Waals surface area contributed by atoms with Crippen LogP contribution in [0.5, 0.6) is 0 Å². The first-order chi connectivity index (χ1) is 8.16. The van der Waals surface area contributed by atoms with Crippen molar-refractivity contribution in [3.8, 4) is 0 Å². The van der Waals surface area contributed by atoms with Crippen LogP contribution in [0.15, 0.2) is 0 Å². The summed E-state index contributed by atoms with van der Waals surface area (Å²) in [4.78, 5) is 26.6. The van der Waals surface area contributed by atoms with Crippen LogP contribution < -0.4 is 0 Å². The minimum absolute atomic E-state index is 0.102. The molecule has 0 aromatic heterocycles. The fourth-order valence-corrected chi connectivity index (χ4v) is 2.73. The lowest BCUT2D eigenvalue weighted by atomic mass is 9.95. The largest absolute Gasteiger partial charge is 0.480 e. The molecule has 2 saturated heterocycles. The number of carbonyl (C=O) groups is 2. The number of aliphatic carboxylic acids is 1. The third-order valence-corrected chi connectivity index (χ3v) is 3.71. The number of piperidine rings is 1. The number of carboxylic acids is 1. The predicted octanol–water partition coefficient (Wildman–Crippen LogP) is 0.405. The van der Waals surface area contributed by atoms with Crippen LogP contribution in [0.1, 0.15) is 25.7 Å². The van der Waals surface area contributed by atoms with Gasteiger partial charge in [-0.15, -0.1) is 0 Å². The molecule has 2 rings (SSSR count). The number of carbonyl (C=O) groups excluding carboxylic acids is 1. The molecular weight excluding hydrogens is 220 g/mol. The van der Waals surface area contributed by atoms with Crippen molar-refractivity contribution in [2.24, 2.45) is 5.92 Å². The van der Waals surface area contributed by atoms with Gasteiger partial charge in [0.05, 0.1) is 6.54 Å². The quantitative estimate of drug-likeness (QED) is 0.776. The van der Waals surface area contributed by atoms with E-state index in [-0.39, 0.29) is 18.4 Å². The van der Waals surface area contributed by atoms with Crippen molar-refractivity contribution in [3.63, 3.8) is 0 Å². The maximum atomic E-state index is 12.1. The van der Waals surface area contributed by atoms with Gasteiger partial charge in [-0.2, -0.15) is 0 Å². The van der Waals surface area contributed by atoms with Crippen LogP contribution in [-0.4, -0.2) is 59.5 Å². The van der Waals surface area contributed by atoms with Gasteiger partial charge in [-0.25, -0.2) is 0 Å². The summed E-state index contributed by atoms with van der Waals surface area (Å²) in [6.45, 7) is 3.39. The smallest absolute Gasteiger partial charge is 0.317 e. The number of nitrogens with zero attached hydrogens (tertiary/aromatic N) is 2. The molecule has 17 heavy (non-hydrogen) atoms. The van der Waals surface area contributed by atoms with Gasteiger partial charge in [0.25, 0.3) is 0 Å². The van der Waals surface area contributed by atoms with Gasteiger partial charge < -0.3 is 10.0 Å². The van der Waals surface area contributed by atoms with Gasteiger partial charge in [0.2, 0.25) is 5.91 Å². The number of hydrogen-bond acceptors (Lipinski definition) is 3. The summed E-state index contributed by atoms with van der Waals surface area (Å²) >= 11 is 0.